The molecule has 76 heavy (non-hydrogen) atoms. The Morgan fingerprint density at radius 1 is 0.895 bits per heavy atom. The van der Waals surface area contributed by atoms with E-state index in [9.17, 15) is 33.6 Å². The molecule has 4 N–H and O–H groups in total. The third-order valence-corrected chi connectivity index (χ3v) is 16.1. The van der Waals surface area contributed by atoms with Crippen molar-refractivity contribution >= 4 is 97.8 Å². The Labute approximate surface area is 465 Å². The fourth-order valence-electron chi connectivity index (χ4n) is 7.50. The minimum absolute atomic E-state index is 0.00723. The Hall–Kier alpha value is -4.93. The molecule has 0 spiro atoms. The third-order valence-electron chi connectivity index (χ3n) is 11.9. The number of ether oxygens (including phenoxy) is 3. The Kier molecular flexibility index (Phi) is 25.3. The first-order valence-corrected chi connectivity index (χ1v) is 30.0. The molecule has 3 aliphatic heterocycles. The standard InChI is InChI=1S/C30H46N4O6S2.C24H34N4O4S2/c1-9-10-11-12-13-14-21(15-20(4)35)39-26(36)24(19(2)3)33-27(37)30(8)18-42-25(34-30)22-17-41-23(32-22)16-31-28(38)40-29(5,6)7;1-5-6-7-8-9-10-16-11-18(29)25-12-19-26-17(13-33-19)21-28-24(4,14-34-21)23(31)27-20(15(2)3)22(30)32-16/h13-14,17,19,21,24H,9-12,15-16,18H2,1-8H3,(H,31,38)(H,33,37);9-10,13,15-16,20H,5-8,11-12,14H2,1-4H3,(H,25,29)(H,27,31)/b14-13+;10-9+/t21?,24-,30-;16?,20-,24-/m00/s1. The van der Waals surface area contributed by atoms with E-state index in [0.717, 1.165) is 56.4 Å². The molecule has 0 fully saturated rings. The predicted octanol–water partition coefficient (Wildman–Crippen LogP) is 9.19. The van der Waals surface area contributed by atoms with Crippen molar-refractivity contribution in [3.8, 4) is 0 Å². The van der Waals surface area contributed by atoms with Crippen LogP contribution in [-0.2, 0) is 56.1 Å². The summed E-state index contributed by atoms with van der Waals surface area (Å²) in [5.74, 6) is -1.75. The molecule has 18 nitrogen and oxygen atoms in total. The van der Waals surface area contributed by atoms with Crippen LogP contribution in [0.1, 0.15) is 169 Å². The van der Waals surface area contributed by atoms with Crippen LogP contribution in [0.4, 0.5) is 4.79 Å². The zero-order chi connectivity index (χ0) is 56.2. The highest BCUT2D eigenvalue weighted by Gasteiger charge is 2.43. The second-order valence-corrected chi connectivity index (χ2v) is 25.0. The van der Waals surface area contributed by atoms with Crippen LogP contribution in [0.15, 0.2) is 45.0 Å². The van der Waals surface area contributed by atoms with Gasteiger partial charge in [-0.15, -0.1) is 46.2 Å². The molecule has 2 aromatic heterocycles. The lowest BCUT2D eigenvalue weighted by molar-refractivity contribution is -0.154. The molecule has 5 rings (SSSR count). The highest BCUT2D eigenvalue weighted by Crippen LogP contribution is 2.34. The number of rotatable bonds is 21. The van der Waals surface area contributed by atoms with Crippen LogP contribution in [0.5, 0.6) is 0 Å². The van der Waals surface area contributed by atoms with E-state index in [1.54, 1.807) is 46.8 Å². The number of fused-ring (bicyclic) bond motifs is 4. The minimum atomic E-state index is -1.11. The number of nitrogens with zero attached hydrogens (tertiary/aromatic N) is 4. The van der Waals surface area contributed by atoms with Crippen molar-refractivity contribution in [1.82, 2.24) is 31.2 Å². The van der Waals surface area contributed by atoms with Gasteiger partial charge in [0.1, 0.15) is 78.2 Å². The summed E-state index contributed by atoms with van der Waals surface area (Å²) < 4.78 is 16.7. The zero-order valence-electron chi connectivity index (χ0n) is 46.3. The topological polar surface area (TPSA) is 246 Å². The van der Waals surface area contributed by atoms with Crippen LogP contribution in [0.3, 0.4) is 0 Å². The average Bonchev–Trinajstić information content (AvgIpc) is 4.17. The molecule has 0 aliphatic carbocycles. The van der Waals surface area contributed by atoms with Gasteiger partial charge in [-0.3, -0.25) is 29.2 Å². The van der Waals surface area contributed by atoms with E-state index in [1.807, 2.05) is 50.6 Å². The van der Waals surface area contributed by atoms with E-state index in [4.69, 9.17) is 14.2 Å². The smallest absolute Gasteiger partial charge is 0.408 e. The SMILES string of the molecule is CCCCC/C=C/C(CC(C)=O)OC(=O)[C@@H](NC(=O)[C@]1(C)CSC(c2csc(CNC(=O)OC(C)(C)C)n2)=N1)C(C)C.CCCCC/C=C/C1CC(=O)NCc2nc(cs2)C2=N[C@@](C)(CS2)C(=O)N[C@@H](C(C)C)C(=O)O1. The molecule has 3 aliphatic rings. The second kappa shape index (κ2) is 30.3. The number of unbranched alkanes of at least 4 members (excludes halogenated alkanes) is 6. The van der Waals surface area contributed by atoms with E-state index in [-0.39, 0.29) is 61.3 Å². The number of esters is 2. The van der Waals surface area contributed by atoms with Crippen molar-refractivity contribution in [3.05, 3.63) is 56.5 Å². The van der Waals surface area contributed by atoms with Crippen molar-refractivity contribution in [3.63, 3.8) is 0 Å². The van der Waals surface area contributed by atoms with Gasteiger partial charge in [0.05, 0.1) is 19.5 Å². The van der Waals surface area contributed by atoms with E-state index in [2.05, 4.69) is 55.1 Å². The Balaban J connectivity index is 0.000000335. The zero-order valence-corrected chi connectivity index (χ0v) is 49.6. The molecular formula is C54H80N8O10S4. The maximum Gasteiger partial charge on any atom is 0.408 e. The summed E-state index contributed by atoms with van der Waals surface area (Å²) >= 11 is 5.69. The number of hydrogen-bond donors (Lipinski definition) is 4. The van der Waals surface area contributed by atoms with Gasteiger partial charge in [0.25, 0.3) is 0 Å². The number of thiazole rings is 2. The van der Waals surface area contributed by atoms with E-state index >= 15 is 0 Å². The van der Waals surface area contributed by atoms with Gasteiger partial charge in [0, 0.05) is 28.7 Å². The summed E-state index contributed by atoms with van der Waals surface area (Å²) in [6, 6.07) is -1.74. The van der Waals surface area contributed by atoms with Gasteiger partial charge in [0.15, 0.2) is 0 Å². The number of amides is 4. The largest absolute Gasteiger partial charge is 0.456 e. The fourth-order valence-corrected chi connectivity index (χ4v) is 11.3. The molecule has 4 bridgehead atoms. The van der Waals surface area contributed by atoms with Crippen molar-refractivity contribution in [1.29, 1.82) is 0 Å². The number of nitrogens with one attached hydrogen (secondary N) is 4. The van der Waals surface area contributed by atoms with E-state index in [0.29, 0.717) is 38.0 Å². The van der Waals surface area contributed by atoms with Gasteiger partial charge in [-0.25, -0.2) is 24.4 Å². The molecule has 0 saturated carbocycles. The highest BCUT2D eigenvalue weighted by atomic mass is 32.2. The van der Waals surface area contributed by atoms with Crippen LogP contribution in [0.2, 0.25) is 0 Å². The van der Waals surface area contributed by atoms with Crippen molar-refractivity contribution in [2.24, 2.45) is 21.8 Å². The van der Waals surface area contributed by atoms with Gasteiger partial charge in [-0.05, 0) is 91.2 Å². The summed E-state index contributed by atoms with van der Waals surface area (Å²) in [7, 11) is 0. The minimum Gasteiger partial charge on any atom is -0.456 e. The molecule has 2 unspecified atom stereocenters. The van der Waals surface area contributed by atoms with E-state index < -0.39 is 59.0 Å². The van der Waals surface area contributed by atoms with E-state index in [1.165, 1.54) is 53.1 Å². The maximum absolute atomic E-state index is 13.4. The Bertz CT molecular complexity index is 2440. The lowest BCUT2D eigenvalue weighted by atomic mass is 10.0. The van der Waals surface area contributed by atoms with Gasteiger partial charge < -0.3 is 35.5 Å². The molecule has 2 aromatic rings. The first kappa shape index (κ1) is 63.6. The maximum atomic E-state index is 13.4. The average molecular weight is 1130 g/mol. The molecule has 0 radical (unpaired) electrons. The summed E-state index contributed by atoms with van der Waals surface area (Å²) in [5, 5.41) is 17.7. The summed E-state index contributed by atoms with van der Waals surface area (Å²) in [6.45, 7) is 22.5. The number of Topliss-reactive ketones (excluding diaryl/α,β-unsaturated/α-hetero) is 1. The summed E-state index contributed by atoms with van der Waals surface area (Å²) in [6.07, 6.45) is 13.9. The molecule has 0 aromatic carbocycles. The van der Waals surface area contributed by atoms with Crippen LogP contribution >= 0.6 is 46.2 Å². The van der Waals surface area contributed by atoms with Crippen molar-refractivity contribution in [2.45, 2.75) is 201 Å². The quantitative estimate of drug-likeness (QED) is 0.0394. The number of cyclic esters (lactones) is 1. The number of carbonyl (C=O) groups excluding carboxylic acids is 7. The number of ketones is 1. The molecular weight excluding hydrogens is 1050 g/mol. The molecule has 5 heterocycles. The van der Waals surface area contributed by atoms with Crippen molar-refractivity contribution in [2.75, 3.05) is 11.5 Å². The van der Waals surface area contributed by atoms with Crippen molar-refractivity contribution < 1.29 is 47.8 Å². The van der Waals surface area contributed by atoms with Gasteiger partial charge in [0.2, 0.25) is 17.7 Å². The van der Waals surface area contributed by atoms with Crippen LogP contribution < -0.4 is 21.3 Å². The third kappa shape index (κ3) is 20.8. The predicted molar refractivity (Wildman–Crippen MR) is 304 cm³/mol. The van der Waals surface area contributed by atoms with Gasteiger partial charge in [-0.2, -0.15) is 0 Å². The van der Waals surface area contributed by atoms with Crippen LogP contribution in [0, 0.1) is 11.8 Å². The number of alkyl carbamates (subject to hydrolysis) is 1. The number of hydrogen-bond acceptors (Lipinski definition) is 18. The molecule has 0 saturated heterocycles. The number of carbonyl (C=O) groups is 7. The first-order valence-electron chi connectivity index (χ1n) is 26.3. The molecule has 22 heteroatoms. The monoisotopic (exact) mass is 1130 g/mol. The second-order valence-electron chi connectivity index (χ2n) is 21.1. The first-order chi connectivity index (χ1) is 35.8. The van der Waals surface area contributed by atoms with Crippen LogP contribution in [-0.4, -0.2) is 114 Å². The summed E-state index contributed by atoms with van der Waals surface area (Å²) in [5.41, 5.74) is -1.37. The lowest BCUT2D eigenvalue weighted by Crippen LogP contribution is -2.53. The highest BCUT2D eigenvalue weighted by molar-refractivity contribution is 8.15. The van der Waals surface area contributed by atoms with Gasteiger partial charge in [-0.1, -0.05) is 79.4 Å². The Morgan fingerprint density at radius 2 is 1.54 bits per heavy atom. The normalized spacial score (nSPS) is 22.0. The molecule has 4 amide bonds. The number of thioether (sulfide) groups is 2. The number of allylic oxidation sites excluding steroid dienone is 2. The van der Waals surface area contributed by atoms with Gasteiger partial charge >= 0.3 is 18.0 Å². The lowest BCUT2D eigenvalue weighted by Gasteiger charge is -2.27. The molecule has 6 atom stereocenters. The fraction of sp³-hybridized carbons (Fsp3) is 0.648. The molecule has 420 valence electrons. The number of aromatic nitrogens is 2. The number of aliphatic imine (C=N–C) groups is 2. The Morgan fingerprint density at radius 3 is 2.18 bits per heavy atom. The summed E-state index contributed by atoms with van der Waals surface area (Å²) in [4.78, 5) is 108. The van der Waals surface area contributed by atoms with Crippen LogP contribution in [0.25, 0.3) is 0 Å².